The lowest BCUT2D eigenvalue weighted by Crippen LogP contribution is -2.55. The molecule has 320 valence electrons. The van der Waals surface area contributed by atoms with Crippen LogP contribution in [0.25, 0.3) is 0 Å². The number of nitrogens with zero attached hydrogens (tertiary/aromatic N) is 2. The molecule has 2 rings (SSSR count). The van der Waals surface area contributed by atoms with Crippen molar-refractivity contribution in [2.75, 3.05) is 46.3 Å². The van der Waals surface area contributed by atoms with Crippen LogP contribution in [0.5, 0.6) is 0 Å². The smallest absolute Gasteiger partial charge is 0.426 e. The van der Waals surface area contributed by atoms with Gasteiger partial charge in [0.2, 0.25) is 18.2 Å². The minimum absolute atomic E-state index is 0.00437. The summed E-state index contributed by atoms with van der Waals surface area (Å²) in [5.41, 5.74) is 11.1. The number of hydrogen-bond donors (Lipinski definition) is 5. The molecule has 57 heavy (non-hydrogen) atoms. The van der Waals surface area contributed by atoms with Gasteiger partial charge in [0.25, 0.3) is 5.91 Å². The molecule has 6 unspecified atom stereocenters. The van der Waals surface area contributed by atoms with Crippen LogP contribution >= 0.6 is 11.3 Å². The predicted octanol–water partition coefficient (Wildman–Crippen LogP) is 4.11. The van der Waals surface area contributed by atoms with Gasteiger partial charge in [-0.2, -0.15) is 0 Å². The molecule has 1 aromatic carbocycles. The predicted molar refractivity (Wildman–Crippen MR) is 218 cm³/mol. The molecule has 0 saturated carbocycles. The molecule has 6 N–H and O–H groups in total. The fraction of sp³-hybridized carbons (Fsp3) is 0.650. The number of benzene rings is 1. The Bertz CT molecular complexity index is 1480. The summed E-state index contributed by atoms with van der Waals surface area (Å²) in [5.74, 6) is -1.83. The minimum atomic E-state index is -0.833. The normalized spacial score (nSPS) is 14.4. The van der Waals surface area contributed by atoms with E-state index < -0.39 is 42.0 Å². The Morgan fingerprint density at radius 2 is 1.68 bits per heavy atom. The van der Waals surface area contributed by atoms with E-state index in [9.17, 15) is 24.0 Å². The Morgan fingerprint density at radius 3 is 2.32 bits per heavy atom. The lowest BCUT2D eigenvalue weighted by molar-refractivity contribution is -0.147. The number of aromatic nitrogens is 1. The van der Waals surface area contributed by atoms with Gasteiger partial charge in [-0.05, 0) is 43.6 Å². The second-order valence-corrected chi connectivity index (χ2v) is 15.1. The number of hydrogen-bond acceptors (Lipinski definition) is 12. The highest BCUT2D eigenvalue weighted by atomic mass is 32.1. The van der Waals surface area contributed by atoms with Crippen molar-refractivity contribution in [3.63, 3.8) is 0 Å². The van der Waals surface area contributed by atoms with Crippen molar-refractivity contribution in [2.45, 2.75) is 105 Å². The van der Waals surface area contributed by atoms with Crippen LogP contribution in [0.4, 0.5) is 4.79 Å². The van der Waals surface area contributed by atoms with Crippen molar-refractivity contribution in [3.8, 4) is 0 Å². The molecular weight excluding hydrogens is 755 g/mol. The van der Waals surface area contributed by atoms with E-state index in [0.29, 0.717) is 57.0 Å². The van der Waals surface area contributed by atoms with E-state index in [0.717, 1.165) is 12.0 Å². The van der Waals surface area contributed by atoms with Crippen LogP contribution in [-0.2, 0) is 39.8 Å². The third kappa shape index (κ3) is 17.5. The highest BCUT2D eigenvalue weighted by Gasteiger charge is 2.36. The van der Waals surface area contributed by atoms with Crippen LogP contribution in [0, 0.1) is 17.8 Å². The van der Waals surface area contributed by atoms with Crippen molar-refractivity contribution in [1.82, 2.24) is 31.4 Å². The number of nitrogens with one attached hydrogen (secondary N) is 4. The molecular formula is C40H65N7O9S. The number of thiazole rings is 1. The first-order valence-electron chi connectivity index (χ1n) is 19.9. The molecule has 0 radical (unpaired) electrons. The number of nitrogens with two attached hydrogens (primary N) is 1. The highest BCUT2D eigenvalue weighted by Crippen LogP contribution is 2.31. The topological polar surface area (TPSA) is 213 Å². The zero-order valence-electron chi connectivity index (χ0n) is 34.6. The van der Waals surface area contributed by atoms with E-state index >= 15 is 0 Å². The first-order chi connectivity index (χ1) is 27.4. The van der Waals surface area contributed by atoms with E-state index in [1.807, 2.05) is 71.9 Å². The molecule has 1 heterocycles. The number of carbonyl (C=O) groups excluding carboxylic acids is 5. The molecule has 0 aliphatic carbocycles. The van der Waals surface area contributed by atoms with Gasteiger partial charge in [-0.15, -0.1) is 11.3 Å². The molecule has 0 fully saturated rings. The zero-order chi connectivity index (χ0) is 42.2. The Hall–Kier alpha value is -4.16. The van der Waals surface area contributed by atoms with Gasteiger partial charge in [0.15, 0.2) is 0 Å². The molecule has 1 aromatic heterocycles. The SMILES string of the molecule is CCCOC(CC(C(C)C)N(COCC)C(=O)C(NC=O)C(C)CC)c1nc(C(=O)NC(Cc2ccccc2)CC(C)C(=O)NNC(=O)OCCOCCN)cs1. The van der Waals surface area contributed by atoms with Gasteiger partial charge in [0.1, 0.15) is 36.2 Å². The van der Waals surface area contributed by atoms with Crippen LogP contribution in [0.1, 0.15) is 101 Å². The monoisotopic (exact) mass is 819 g/mol. The second kappa shape index (κ2) is 27.5. The Balaban J connectivity index is 2.27. The summed E-state index contributed by atoms with van der Waals surface area (Å²) in [5, 5.41) is 8.07. The maximum absolute atomic E-state index is 14.1. The summed E-state index contributed by atoms with van der Waals surface area (Å²) in [6.45, 7) is 15.3. The lowest BCUT2D eigenvalue weighted by Gasteiger charge is -2.38. The molecule has 0 saturated heterocycles. The van der Waals surface area contributed by atoms with Crippen LogP contribution in [-0.4, -0.2) is 105 Å². The first-order valence-corrected chi connectivity index (χ1v) is 20.8. The third-order valence-corrected chi connectivity index (χ3v) is 10.3. The molecule has 0 spiro atoms. The van der Waals surface area contributed by atoms with Crippen LogP contribution in [0.15, 0.2) is 35.7 Å². The molecule has 6 atom stereocenters. The van der Waals surface area contributed by atoms with Crippen LogP contribution in [0.2, 0.25) is 0 Å². The van der Waals surface area contributed by atoms with E-state index in [1.54, 1.807) is 17.2 Å². The number of rotatable bonds is 28. The van der Waals surface area contributed by atoms with Gasteiger partial charge in [0.05, 0.1) is 13.2 Å². The number of carbonyl (C=O) groups is 5. The molecule has 16 nitrogen and oxygen atoms in total. The summed E-state index contributed by atoms with van der Waals surface area (Å²) >= 11 is 1.30. The third-order valence-electron chi connectivity index (χ3n) is 9.38. The quantitative estimate of drug-likeness (QED) is 0.0357. The van der Waals surface area contributed by atoms with E-state index in [-0.39, 0.29) is 55.8 Å². The number of ether oxygens (including phenoxy) is 4. The van der Waals surface area contributed by atoms with Gasteiger partial charge in [-0.25, -0.2) is 15.2 Å². The van der Waals surface area contributed by atoms with Gasteiger partial charge in [-0.1, -0.05) is 78.3 Å². The molecule has 2 aromatic rings. The summed E-state index contributed by atoms with van der Waals surface area (Å²) in [4.78, 5) is 70.8. The summed E-state index contributed by atoms with van der Waals surface area (Å²) < 4.78 is 22.3. The average Bonchev–Trinajstić information content (AvgIpc) is 3.70. The van der Waals surface area contributed by atoms with Gasteiger partial charge < -0.3 is 40.2 Å². The maximum Gasteiger partial charge on any atom is 0.426 e. The van der Waals surface area contributed by atoms with Crippen LogP contribution in [0.3, 0.4) is 0 Å². The van der Waals surface area contributed by atoms with E-state index in [4.69, 9.17) is 29.7 Å². The van der Waals surface area contributed by atoms with Crippen molar-refractivity contribution < 1.29 is 42.9 Å². The van der Waals surface area contributed by atoms with E-state index in [1.165, 1.54) is 11.3 Å². The molecule has 0 aliphatic rings. The maximum atomic E-state index is 14.1. The first kappa shape index (κ1) is 49.0. The van der Waals surface area contributed by atoms with E-state index in [2.05, 4.69) is 21.5 Å². The van der Waals surface area contributed by atoms with Crippen LogP contribution < -0.4 is 27.2 Å². The summed E-state index contributed by atoms with van der Waals surface area (Å²) in [6.07, 6.45) is 1.71. The average molecular weight is 820 g/mol. The number of amides is 5. The van der Waals surface area contributed by atoms with Gasteiger partial charge in [-0.3, -0.25) is 24.6 Å². The van der Waals surface area contributed by atoms with Crippen molar-refractivity contribution >= 4 is 41.6 Å². The Morgan fingerprint density at radius 1 is 0.947 bits per heavy atom. The van der Waals surface area contributed by atoms with Gasteiger partial charge >= 0.3 is 6.09 Å². The number of hydrazine groups is 1. The van der Waals surface area contributed by atoms with Crippen molar-refractivity contribution in [3.05, 3.63) is 52.0 Å². The summed E-state index contributed by atoms with van der Waals surface area (Å²) in [7, 11) is 0. The molecule has 5 amide bonds. The van der Waals surface area contributed by atoms with Crippen molar-refractivity contribution in [1.29, 1.82) is 0 Å². The Labute approximate surface area is 341 Å². The minimum Gasteiger partial charge on any atom is -0.446 e. The molecule has 17 heteroatoms. The Kier molecular flexibility index (Phi) is 23.6. The zero-order valence-corrected chi connectivity index (χ0v) is 35.4. The molecule has 0 aliphatic heterocycles. The molecule has 0 bridgehead atoms. The van der Waals surface area contributed by atoms with Crippen molar-refractivity contribution in [2.24, 2.45) is 23.5 Å². The second-order valence-electron chi connectivity index (χ2n) is 14.2. The summed E-state index contributed by atoms with van der Waals surface area (Å²) in [6, 6.07) is 8.07. The fourth-order valence-corrected chi connectivity index (χ4v) is 6.89. The fourth-order valence-electron chi connectivity index (χ4n) is 6.03. The highest BCUT2D eigenvalue weighted by molar-refractivity contribution is 7.09. The van der Waals surface area contributed by atoms with Gasteiger partial charge in [0, 0.05) is 49.6 Å². The standard InChI is InChI=1S/C40H65N7O9S/c1-8-17-55-34(23-33(27(4)5)47(26-53-10-3)39(51)35(42-25-48)28(6)9-2)38-44-32(24-57-38)37(50)43-31(22-30-14-12-11-13-15-30)21-29(7)36(49)45-46-40(52)56-20-19-54-18-16-41/h11-15,24-25,27-29,31,33-35H,8-10,16-23,26,41H2,1-7H3,(H,42,48)(H,43,50)(H,45,49)(H,46,52). The lowest BCUT2D eigenvalue weighted by atomic mass is 9.93. The largest absolute Gasteiger partial charge is 0.446 e.